The largest absolute Gasteiger partial charge is 0.382 e. The number of fused-ring (bicyclic) bond motifs is 1. The molecule has 2 unspecified atom stereocenters. The predicted octanol–water partition coefficient (Wildman–Crippen LogP) is 6.37. The topological polar surface area (TPSA) is 12.0 Å². The van der Waals surface area contributed by atoms with E-state index in [1.165, 1.54) is 55.0 Å². The molecule has 1 N–H and O–H groups in total. The van der Waals surface area contributed by atoms with Gasteiger partial charge >= 0.3 is 0 Å². The lowest BCUT2D eigenvalue weighted by molar-refractivity contribution is 0.444. The molecule has 3 rings (SSSR count). The first-order valence-electron chi connectivity index (χ1n) is 8.20. The van der Waals surface area contributed by atoms with E-state index >= 15 is 0 Å². The summed E-state index contributed by atoms with van der Waals surface area (Å²) in [6, 6.07) is 13.8. The standard InChI is InChI=1S/C19H24BrN/c1-2-14-4-3-5-18(10-6-14)21-19-11-8-15-12-17(20)9-7-16(15)13-19/h7-9,11-14,18,21H,2-6,10H2,1H3. The first kappa shape index (κ1) is 14.9. The lowest BCUT2D eigenvalue weighted by Crippen LogP contribution is -2.18. The Morgan fingerprint density at radius 1 is 1.00 bits per heavy atom. The van der Waals surface area contributed by atoms with Crippen molar-refractivity contribution in [1.82, 2.24) is 0 Å². The second kappa shape index (κ2) is 6.83. The molecule has 2 aromatic carbocycles. The molecule has 2 atom stereocenters. The van der Waals surface area contributed by atoms with E-state index < -0.39 is 0 Å². The highest BCUT2D eigenvalue weighted by Gasteiger charge is 2.17. The van der Waals surface area contributed by atoms with Crippen molar-refractivity contribution in [2.75, 3.05) is 5.32 Å². The summed E-state index contributed by atoms with van der Waals surface area (Å²) in [5.74, 6) is 0.950. The summed E-state index contributed by atoms with van der Waals surface area (Å²) in [5.41, 5.74) is 1.27. The first-order valence-corrected chi connectivity index (χ1v) is 9.00. The van der Waals surface area contributed by atoms with E-state index in [1.807, 2.05) is 0 Å². The second-order valence-corrected chi connectivity index (χ2v) is 7.25. The van der Waals surface area contributed by atoms with Gasteiger partial charge in [-0.25, -0.2) is 0 Å². The van der Waals surface area contributed by atoms with E-state index in [1.54, 1.807) is 0 Å². The molecule has 0 aromatic heterocycles. The molecule has 0 radical (unpaired) electrons. The zero-order chi connectivity index (χ0) is 14.7. The molecular weight excluding hydrogens is 322 g/mol. The smallest absolute Gasteiger partial charge is 0.0348 e. The van der Waals surface area contributed by atoms with Crippen molar-refractivity contribution >= 4 is 32.4 Å². The fraction of sp³-hybridized carbons (Fsp3) is 0.474. The van der Waals surface area contributed by atoms with E-state index in [0.29, 0.717) is 6.04 Å². The highest BCUT2D eigenvalue weighted by atomic mass is 79.9. The van der Waals surface area contributed by atoms with Crippen molar-refractivity contribution in [1.29, 1.82) is 0 Å². The molecule has 21 heavy (non-hydrogen) atoms. The molecule has 0 aliphatic heterocycles. The van der Waals surface area contributed by atoms with Crippen LogP contribution in [0.25, 0.3) is 10.8 Å². The molecule has 1 nitrogen and oxygen atoms in total. The van der Waals surface area contributed by atoms with Crippen LogP contribution in [-0.2, 0) is 0 Å². The highest BCUT2D eigenvalue weighted by Crippen LogP contribution is 2.28. The van der Waals surface area contributed by atoms with Crippen LogP contribution in [0.4, 0.5) is 5.69 Å². The van der Waals surface area contributed by atoms with Gasteiger partial charge in [0.25, 0.3) is 0 Å². The third kappa shape index (κ3) is 3.79. The summed E-state index contributed by atoms with van der Waals surface area (Å²) < 4.78 is 1.14. The van der Waals surface area contributed by atoms with Crippen LogP contribution in [0.15, 0.2) is 40.9 Å². The van der Waals surface area contributed by atoms with Gasteiger partial charge in [0.2, 0.25) is 0 Å². The van der Waals surface area contributed by atoms with Crippen molar-refractivity contribution < 1.29 is 0 Å². The fourth-order valence-electron chi connectivity index (χ4n) is 3.47. The number of rotatable bonds is 3. The lowest BCUT2D eigenvalue weighted by atomic mass is 9.98. The quantitative estimate of drug-likeness (QED) is 0.637. The maximum Gasteiger partial charge on any atom is 0.0348 e. The van der Waals surface area contributed by atoms with E-state index in [2.05, 4.69) is 64.6 Å². The van der Waals surface area contributed by atoms with Crippen molar-refractivity contribution in [3.8, 4) is 0 Å². The van der Waals surface area contributed by atoms with Gasteiger partial charge in [0.05, 0.1) is 0 Å². The van der Waals surface area contributed by atoms with Gasteiger partial charge in [-0.05, 0) is 60.2 Å². The van der Waals surface area contributed by atoms with Gasteiger partial charge in [0.15, 0.2) is 0 Å². The number of nitrogens with one attached hydrogen (secondary N) is 1. The minimum atomic E-state index is 0.648. The molecule has 0 heterocycles. The summed E-state index contributed by atoms with van der Waals surface area (Å²) in [7, 11) is 0. The third-order valence-electron chi connectivity index (χ3n) is 4.84. The molecule has 112 valence electrons. The van der Waals surface area contributed by atoms with Crippen LogP contribution in [0.2, 0.25) is 0 Å². The number of hydrogen-bond acceptors (Lipinski definition) is 1. The molecule has 0 bridgehead atoms. The van der Waals surface area contributed by atoms with Gasteiger partial charge < -0.3 is 5.32 Å². The van der Waals surface area contributed by atoms with E-state index in [4.69, 9.17) is 0 Å². The summed E-state index contributed by atoms with van der Waals surface area (Å²) >= 11 is 3.54. The predicted molar refractivity (Wildman–Crippen MR) is 95.9 cm³/mol. The van der Waals surface area contributed by atoms with Crippen LogP contribution < -0.4 is 5.32 Å². The Kier molecular flexibility index (Phi) is 4.84. The Morgan fingerprint density at radius 3 is 2.67 bits per heavy atom. The summed E-state index contributed by atoms with van der Waals surface area (Å²) in [6.07, 6.45) is 8.15. The maximum absolute atomic E-state index is 3.76. The second-order valence-electron chi connectivity index (χ2n) is 6.33. The average Bonchev–Trinajstić information content (AvgIpc) is 2.72. The summed E-state index contributed by atoms with van der Waals surface area (Å²) in [5, 5.41) is 6.36. The van der Waals surface area contributed by atoms with Crippen LogP contribution in [0, 0.1) is 5.92 Å². The Bertz CT molecular complexity index is 608. The molecule has 1 aliphatic carbocycles. The SMILES string of the molecule is CCC1CCCC(Nc2ccc3cc(Br)ccc3c2)CC1. The highest BCUT2D eigenvalue weighted by molar-refractivity contribution is 9.10. The zero-order valence-electron chi connectivity index (χ0n) is 12.7. The van der Waals surface area contributed by atoms with Crippen LogP contribution in [0.3, 0.4) is 0 Å². The number of halogens is 1. The minimum absolute atomic E-state index is 0.648. The van der Waals surface area contributed by atoms with E-state index in [-0.39, 0.29) is 0 Å². The van der Waals surface area contributed by atoms with Crippen LogP contribution in [0.5, 0.6) is 0 Å². The van der Waals surface area contributed by atoms with Gasteiger partial charge in [-0.15, -0.1) is 0 Å². The Balaban J connectivity index is 1.71. The van der Waals surface area contributed by atoms with Crippen molar-refractivity contribution in [2.24, 2.45) is 5.92 Å². The molecule has 2 aromatic rings. The molecule has 0 spiro atoms. The Labute approximate surface area is 136 Å². The molecule has 1 fully saturated rings. The summed E-state index contributed by atoms with van der Waals surface area (Å²) in [6.45, 7) is 2.33. The minimum Gasteiger partial charge on any atom is -0.382 e. The fourth-order valence-corrected chi connectivity index (χ4v) is 3.85. The molecule has 2 heteroatoms. The number of anilines is 1. The molecule has 1 saturated carbocycles. The third-order valence-corrected chi connectivity index (χ3v) is 5.33. The van der Waals surface area contributed by atoms with Crippen LogP contribution >= 0.6 is 15.9 Å². The normalized spacial score (nSPS) is 23.0. The Morgan fingerprint density at radius 2 is 1.81 bits per heavy atom. The van der Waals surface area contributed by atoms with Crippen molar-refractivity contribution in [2.45, 2.75) is 51.5 Å². The van der Waals surface area contributed by atoms with Gasteiger partial charge in [0.1, 0.15) is 0 Å². The van der Waals surface area contributed by atoms with Crippen molar-refractivity contribution in [3.05, 3.63) is 40.9 Å². The molecule has 0 saturated heterocycles. The van der Waals surface area contributed by atoms with Crippen LogP contribution in [0.1, 0.15) is 45.4 Å². The lowest BCUT2D eigenvalue weighted by Gasteiger charge is -2.18. The van der Waals surface area contributed by atoms with E-state index in [9.17, 15) is 0 Å². The van der Waals surface area contributed by atoms with Gasteiger partial charge in [-0.1, -0.05) is 54.2 Å². The number of benzene rings is 2. The Hall–Kier alpha value is -1.02. The zero-order valence-corrected chi connectivity index (χ0v) is 14.3. The average molecular weight is 346 g/mol. The van der Waals surface area contributed by atoms with Gasteiger partial charge in [-0.3, -0.25) is 0 Å². The van der Waals surface area contributed by atoms with Gasteiger partial charge in [0, 0.05) is 16.2 Å². The molecule has 0 amide bonds. The molecular formula is C19H24BrN. The van der Waals surface area contributed by atoms with Gasteiger partial charge in [-0.2, -0.15) is 0 Å². The first-order chi connectivity index (χ1) is 10.2. The monoisotopic (exact) mass is 345 g/mol. The maximum atomic E-state index is 3.76. The van der Waals surface area contributed by atoms with Crippen molar-refractivity contribution in [3.63, 3.8) is 0 Å². The number of hydrogen-bond donors (Lipinski definition) is 1. The van der Waals surface area contributed by atoms with E-state index in [0.717, 1.165) is 10.4 Å². The summed E-state index contributed by atoms with van der Waals surface area (Å²) in [4.78, 5) is 0. The molecule has 1 aliphatic rings. The van der Waals surface area contributed by atoms with Crippen LogP contribution in [-0.4, -0.2) is 6.04 Å².